The first-order chi connectivity index (χ1) is 11.5. The Morgan fingerprint density at radius 1 is 1.38 bits per heavy atom. The molecule has 1 aliphatic carbocycles. The minimum Gasteiger partial charge on any atom is -0.486 e. The Hall–Kier alpha value is -1.50. The number of nitrogens with one attached hydrogen (secondary N) is 1. The van der Waals surface area contributed by atoms with E-state index in [2.05, 4.69) is 5.32 Å². The predicted octanol–water partition coefficient (Wildman–Crippen LogP) is 1.78. The van der Waals surface area contributed by atoms with Crippen molar-refractivity contribution in [1.82, 2.24) is 5.32 Å². The second-order valence-corrected chi connectivity index (χ2v) is 6.82. The number of nitrogens with two attached hydrogens (primary N) is 1. The largest absolute Gasteiger partial charge is 0.486 e. The average Bonchev–Trinajstić information content (AvgIpc) is 2.59. The lowest BCUT2D eigenvalue weighted by molar-refractivity contribution is -0.126. The van der Waals surface area contributed by atoms with Crippen molar-refractivity contribution in [2.75, 3.05) is 19.8 Å². The van der Waals surface area contributed by atoms with Crippen LogP contribution in [-0.2, 0) is 4.79 Å². The SMILES string of the molecule is N[C@@H]1CCC[C@H](C(=O)NC[C@@H](O)c2cc(Cl)c3c(c2)OCCO3)C1. The molecule has 1 saturated carbocycles. The van der Waals surface area contributed by atoms with E-state index in [-0.39, 0.29) is 24.4 Å². The van der Waals surface area contributed by atoms with Crippen molar-refractivity contribution in [3.05, 3.63) is 22.7 Å². The molecule has 24 heavy (non-hydrogen) atoms. The zero-order chi connectivity index (χ0) is 17.1. The van der Waals surface area contributed by atoms with E-state index in [1.165, 1.54) is 0 Å². The molecule has 1 heterocycles. The highest BCUT2D eigenvalue weighted by Gasteiger charge is 2.26. The Morgan fingerprint density at radius 3 is 2.96 bits per heavy atom. The van der Waals surface area contributed by atoms with E-state index >= 15 is 0 Å². The van der Waals surface area contributed by atoms with Gasteiger partial charge in [-0.1, -0.05) is 18.0 Å². The third kappa shape index (κ3) is 3.94. The number of fused-ring (bicyclic) bond motifs is 1. The smallest absolute Gasteiger partial charge is 0.223 e. The molecule has 132 valence electrons. The Kier molecular flexibility index (Phi) is 5.48. The van der Waals surface area contributed by atoms with E-state index < -0.39 is 6.10 Å². The number of aliphatic hydroxyl groups is 1. The molecular formula is C17H23ClN2O4. The number of hydrogen-bond donors (Lipinski definition) is 3. The lowest BCUT2D eigenvalue weighted by Crippen LogP contribution is -2.39. The molecule has 2 aliphatic rings. The van der Waals surface area contributed by atoms with Gasteiger partial charge in [-0.15, -0.1) is 0 Å². The van der Waals surface area contributed by atoms with Crippen molar-refractivity contribution in [3.63, 3.8) is 0 Å². The predicted molar refractivity (Wildman–Crippen MR) is 90.3 cm³/mol. The van der Waals surface area contributed by atoms with Crippen molar-refractivity contribution in [2.24, 2.45) is 11.7 Å². The van der Waals surface area contributed by atoms with Crippen molar-refractivity contribution >= 4 is 17.5 Å². The summed E-state index contributed by atoms with van der Waals surface area (Å²) in [5.41, 5.74) is 6.51. The van der Waals surface area contributed by atoms with Crippen molar-refractivity contribution in [1.29, 1.82) is 0 Å². The second-order valence-electron chi connectivity index (χ2n) is 6.41. The lowest BCUT2D eigenvalue weighted by atomic mass is 9.85. The molecule has 0 radical (unpaired) electrons. The summed E-state index contributed by atoms with van der Waals surface area (Å²) in [7, 11) is 0. The zero-order valence-electron chi connectivity index (χ0n) is 13.5. The fourth-order valence-electron chi connectivity index (χ4n) is 3.25. The fraction of sp³-hybridized carbons (Fsp3) is 0.588. The van der Waals surface area contributed by atoms with E-state index in [0.717, 1.165) is 19.3 Å². The highest BCUT2D eigenvalue weighted by atomic mass is 35.5. The van der Waals surface area contributed by atoms with Gasteiger partial charge in [-0.3, -0.25) is 4.79 Å². The monoisotopic (exact) mass is 354 g/mol. The molecule has 1 amide bonds. The average molecular weight is 355 g/mol. The Bertz CT molecular complexity index is 610. The summed E-state index contributed by atoms with van der Waals surface area (Å²) < 4.78 is 11.0. The first-order valence-corrected chi connectivity index (χ1v) is 8.73. The molecule has 0 saturated heterocycles. The van der Waals surface area contributed by atoms with E-state index in [0.29, 0.717) is 41.7 Å². The number of benzene rings is 1. The topological polar surface area (TPSA) is 93.8 Å². The molecule has 0 bridgehead atoms. The standard InChI is InChI=1S/C17H23ClN2O4/c18-13-7-11(8-15-16(13)24-5-4-23-15)14(21)9-20-17(22)10-2-1-3-12(19)6-10/h7-8,10,12,14,21H,1-6,9,19H2,(H,20,22)/t10-,12+,14+/m0/s1. The molecule has 4 N–H and O–H groups in total. The molecule has 3 rings (SSSR count). The molecular weight excluding hydrogens is 332 g/mol. The van der Waals surface area contributed by atoms with Crippen LogP contribution in [0.4, 0.5) is 0 Å². The number of amides is 1. The van der Waals surface area contributed by atoms with Crippen molar-refractivity contribution < 1.29 is 19.4 Å². The number of carbonyl (C=O) groups is 1. The van der Waals surface area contributed by atoms with Gasteiger partial charge in [-0.25, -0.2) is 0 Å². The molecule has 1 aromatic carbocycles. The van der Waals surface area contributed by atoms with Gasteiger partial charge in [0, 0.05) is 18.5 Å². The van der Waals surface area contributed by atoms with Gasteiger partial charge in [0.15, 0.2) is 11.5 Å². The van der Waals surface area contributed by atoms with Gasteiger partial charge in [-0.05, 0) is 37.0 Å². The first-order valence-electron chi connectivity index (χ1n) is 8.35. The van der Waals surface area contributed by atoms with Gasteiger partial charge in [0.2, 0.25) is 5.91 Å². The second kappa shape index (κ2) is 7.59. The summed E-state index contributed by atoms with van der Waals surface area (Å²) in [6.45, 7) is 1.02. The lowest BCUT2D eigenvalue weighted by Gasteiger charge is -2.26. The fourth-order valence-corrected chi connectivity index (χ4v) is 3.52. The molecule has 1 aromatic rings. The molecule has 0 spiro atoms. The molecule has 6 nitrogen and oxygen atoms in total. The van der Waals surface area contributed by atoms with Crippen LogP contribution in [-0.4, -0.2) is 36.8 Å². The Labute approximate surface area is 146 Å². The maximum Gasteiger partial charge on any atom is 0.223 e. The quantitative estimate of drug-likeness (QED) is 0.766. The van der Waals surface area contributed by atoms with Crippen LogP contribution in [0.15, 0.2) is 12.1 Å². The van der Waals surface area contributed by atoms with E-state index in [1.807, 2.05) is 0 Å². The maximum atomic E-state index is 12.2. The van der Waals surface area contributed by atoms with Crippen LogP contribution < -0.4 is 20.5 Å². The minimum absolute atomic E-state index is 0.0483. The first kappa shape index (κ1) is 17.3. The minimum atomic E-state index is -0.862. The highest BCUT2D eigenvalue weighted by molar-refractivity contribution is 6.32. The van der Waals surface area contributed by atoms with Crippen LogP contribution in [0, 0.1) is 5.92 Å². The molecule has 0 aromatic heterocycles. The summed E-state index contributed by atoms with van der Waals surface area (Å²) in [4.78, 5) is 12.2. The van der Waals surface area contributed by atoms with E-state index in [9.17, 15) is 9.90 Å². The number of halogens is 1. The number of ether oxygens (including phenoxy) is 2. The highest BCUT2D eigenvalue weighted by Crippen LogP contribution is 2.39. The third-order valence-corrected chi connectivity index (χ3v) is 4.84. The van der Waals surface area contributed by atoms with Crippen LogP contribution in [0.3, 0.4) is 0 Å². The van der Waals surface area contributed by atoms with Gasteiger partial charge in [0.05, 0.1) is 11.1 Å². The van der Waals surface area contributed by atoms with E-state index in [4.69, 9.17) is 26.8 Å². The Balaban J connectivity index is 1.59. The molecule has 1 fully saturated rings. The molecule has 1 aliphatic heterocycles. The van der Waals surface area contributed by atoms with Crippen LogP contribution in [0.25, 0.3) is 0 Å². The van der Waals surface area contributed by atoms with Crippen LogP contribution in [0.5, 0.6) is 11.5 Å². The van der Waals surface area contributed by atoms with E-state index in [1.54, 1.807) is 12.1 Å². The molecule has 0 unspecified atom stereocenters. The Morgan fingerprint density at radius 2 is 2.17 bits per heavy atom. The van der Waals surface area contributed by atoms with Gasteiger partial charge >= 0.3 is 0 Å². The number of hydrogen-bond acceptors (Lipinski definition) is 5. The number of carbonyl (C=O) groups excluding carboxylic acids is 1. The van der Waals surface area contributed by atoms with Crippen LogP contribution in [0.1, 0.15) is 37.4 Å². The zero-order valence-corrected chi connectivity index (χ0v) is 14.2. The van der Waals surface area contributed by atoms with Gasteiger partial charge < -0.3 is 25.6 Å². The molecule has 3 atom stereocenters. The van der Waals surface area contributed by atoms with Gasteiger partial charge in [0.1, 0.15) is 13.2 Å². The van der Waals surface area contributed by atoms with Crippen molar-refractivity contribution in [3.8, 4) is 11.5 Å². The summed E-state index contributed by atoms with van der Waals surface area (Å²) in [6, 6.07) is 3.44. The normalized spacial score (nSPS) is 24.3. The summed E-state index contributed by atoms with van der Waals surface area (Å²) in [5, 5.41) is 13.6. The van der Waals surface area contributed by atoms with Gasteiger partial charge in [0.25, 0.3) is 0 Å². The molecule has 7 heteroatoms. The van der Waals surface area contributed by atoms with Crippen LogP contribution in [0.2, 0.25) is 5.02 Å². The van der Waals surface area contributed by atoms with Crippen LogP contribution >= 0.6 is 11.6 Å². The summed E-state index contributed by atoms with van der Waals surface area (Å²) in [6.07, 6.45) is 2.64. The number of aliphatic hydroxyl groups excluding tert-OH is 1. The third-order valence-electron chi connectivity index (χ3n) is 4.56. The summed E-state index contributed by atoms with van der Waals surface area (Å²) >= 11 is 6.17. The van der Waals surface area contributed by atoms with Crippen molar-refractivity contribution in [2.45, 2.75) is 37.8 Å². The summed E-state index contributed by atoms with van der Waals surface area (Å²) in [5.74, 6) is 0.907. The number of rotatable bonds is 4. The van der Waals surface area contributed by atoms with Gasteiger partial charge in [-0.2, -0.15) is 0 Å². The maximum absolute atomic E-state index is 12.2.